The fourth-order valence-corrected chi connectivity index (χ4v) is 4.46. The van der Waals surface area contributed by atoms with Gasteiger partial charge in [-0.1, -0.05) is 13.0 Å². The van der Waals surface area contributed by atoms with Gasteiger partial charge in [-0.2, -0.15) is 0 Å². The molecule has 2 aromatic carbocycles. The van der Waals surface area contributed by atoms with E-state index in [1.54, 1.807) is 24.0 Å². The molecule has 0 bridgehead atoms. The minimum Gasteiger partial charge on any atom is -0.338 e. The van der Waals surface area contributed by atoms with Gasteiger partial charge in [0, 0.05) is 25.2 Å². The van der Waals surface area contributed by atoms with Crippen LogP contribution in [0.4, 0.5) is 10.1 Å². The average Bonchev–Trinajstić information content (AvgIpc) is 2.59. The molecule has 5 nitrogen and oxygen atoms in total. The number of hydrogen-bond acceptors (Lipinski definition) is 3. The monoisotopic (exact) mass is 376 g/mol. The van der Waals surface area contributed by atoms with Crippen LogP contribution in [0.2, 0.25) is 0 Å². The van der Waals surface area contributed by atoms with Crippen LogP contribution in [0.25, 0.3) is 0 Å². The summed E-state index contributed by atoms with van der Waals surface area (Å²) in [6.07, 6.45) is 1.21. The van der Waals surface area contributed by atoms with E-state index < -0.39 is 15.8 Å². The molecule has 26 heavy (non-hydrogen) atoms. The van der Waals surface area contributed by atoms with Crippen LogP contribution < -0.4 is 4.72 Å². The number of benzene rings is 2. The number of anilines is 1. The van der Waals surface area contributed by atoms with E-state index in [0.717, 1.165) is 23.6 Å². The summed E-state index contributed by atoms with van der Waals surface area (Å²) in [6.45, 7) is 4.54. The van der Waals surface area contributed by atoms with Gasteiger partial charge in [0.25, 0.3) is 10.0 Å². The van der Waals surface area contributed by atoms with Crippen molar-refractivity contribution in [1.82, 2.24) is 4.90 Å². The molecule has 0 atom stereocenters. The van der Waals surface area contributed by atoms with Crippen molar-refractivity contribution >= 4 is 21.6 Å². The maximum absolute atomic E-state index is 13.2. The second-order valence-corrected chi connectivity index (χ2v) is 8.07. The normalized spacial score (nSPS) is 14.0. The Morgan fingerprint density at radius 2 is 1.96 bits per heavy atom. The molecular formula is C19H21FN2O3S. The topological polar surface area (TPSA) is 66.5 Å². The summed E-state index contributed by atoms with van der Waals surface area (Å²) in [6, 6.07) is 8.94. The summed E-state index contributed by atoms with van der Waals surface area (Å²) in [5.41, 5.74) is 2.83. The molecule has 7 heteroatoms. The maximum atomic E-state index is 13.2. The van der Waals surface area contributed by atoms with E-state index in [1.807, 2.05) is 13.0 Å². The number of rotatable bonds is 4. The Hall–Kier alpha value is -2.41. The number of carbonyl (C=O) groups excluding carboxylic acids is 1. The zero-order valence-electron chi connectivity index (χ0n) is 14.8. The van der Waals surface area contributed by atoms with Gasteiger partial charge in [0.15, 0.2) is 0 Å². The van der Waals surface area contributed by atoms with E-state index in [1.165, 1.54) is 12.1 Å². The number of sulfonamides is 1. The lowest BCUT2D eigenvalue weighted by atomic mass is 9.99. The van der Waals surface area contributed by atoms with Gasteiger partial charge in [0.1, 0.15) is 5.82 Å². The van der Waals surface area contributed by atoms with Crippen LogP contribution >= 0.6 is 0 Å². The molecule has 2 aromatic rings. The van der Waals surface area contributed by atoms with Crippen molar-refractivity contribution in [2.24, 2.45) is 0 Å². The number of nitrogens with one attached hydrogen (secondary N) is 1. The van der Waals surface area contributed by atoms with Gasteiger partial charge in [-0.05, 0) is 60.4 Å². The number of aryl methyl sites for hydroxylation is 1. The van der Waals surface area contributed by atoms with Crippen LogP contribution in [0.1, 0.15) is 30.0 Å². The molecular weight excluding hydrogens is 355 g/mol. The lowest BCUT2D eigenvalue weighted by Crippen LogP contribution is -2.35. The van der Waals surface area contributed by atoms with Gasteiger partial charge in [-0.15, -0.1) is 0 Å². The Labute approximate surface area is 152 Å². The van der Waals surface area contributed by atoms with E-state index in [-0.39, 0.29) is 10.8 Å². The van der Waals surface area contributed by atoms with Crippen LogP contribution in [0.3, 0.4) is 0 Å². The first-order chi connectivity index (χ1) is 12.3. The van der Waals surface area contributed by atoms with Crippen LogP contribution in [0.15, 0.2) is 41.3 Å². The maximum Gasteiger partial charge on any atom is 0.262 e. The van der Waals surface area contributed by atoms with Gasteiger partial charge in [-0.25, -0.2) is 12.8 Å². The van der Waals surface area contributed by atoms with Crippen LogP contribution in [-0.2, 0) is 27.8 Å². The summed E-state index contributed by atoms with van der Waals surface area (Å²) < 4.78 is 41.0. The number of fused-ring (bicyclic) bond motifs is 1. The molecule has 1 amide bonds. The second-order valence-electron chi connectivity index (χ2n) is 6.42. The molecule has 0 fully saturated rings. The standard InChI is InChI=1S/C19H21FN2O3S/c1-3-19(23)22-9-8-14-4-6-17(11-15(14)12-22)21-26(24,25)18-7-5-16(20)10-13(18)2/h4-7,10-11,21H,3,8-9,12H2,1-2H3. The van der Waals surface area contributed by atoms with Crippen molar-refractivity contribution in [2.45, 2.75) is 38.1 Å². The lowest BCUT2D eigenvalue weighted by Gasteiger charge is -2.29. The SMILES string of the molecule is CCC(=O)N1CCc2ccc(NS(=O)(=O)c3ccc(F)cc3C)cc2C1. The fourth-order valence-electron chi connectivity index (χ4n) is 3.18. The summed E-state index contributed by atoms with van der Waals surface area (Å²) >= 11 is 0. The van der Waals surface area contributed by atoms with Crippen molar-refractivity contribution in [2.75, 3.05) is 11.3 Å². The lowest BCUT2D eigenvalue weighted by molar-refractivity contribution is -0.131. The highest BCUT2D eigenvalue weighted by atomic mass is 32.2. The summed E-state index contributed by atoms with van der Waals surface area (Å²) in [5.74, 6) is -0.389. The first kappa shape index (κ1) is 18.4. The molecule has 138 valence electrons. The van der Waals surface area contributed by atoms with Crippen molar-refractivity contribution in [1.29, 1.82) is 0 Å². The van der Waals surface area contributed by atoms with Gasteiger partial charge in [0.2, 0.25) is 5.91 Å². The van der Waals surface area contributed by atoms with Crippen molar-refractivity contribution in [3.63, 3.8) is 0 Å². The molecule has 0 aromatic heterocycles. The Bertz CT molecular complexity index is 957. The quantitative estimate of drug-likeness (QED) is 0.891. The van der Waals surface area contributed by atoms with Crippen LogP contribution in [0.5, 0.6) is 0 Å². The van der Waals surface area contributed by atoms with E-state index in [4.69, 9.17) is 0 Å². The molecule has 0 saturated carbocycles. The number of amides is 1. The third kappa shape index (κ3) is 3.72. The molecule has 3 rings (SSSR count). The molecule has 0 spiro atoms. The zero-order chi connectivity index (χ0) is 18.9. The Balaban J connectivity index is 1.86. The number of hydrogen-bond donors (Lipinski definition) is 1. The molecule has 0 radical (unpaired) electrons. The first-order valence-corrected chi connectivity index (χ1v) is 9.97. The number of halogens is 1. The summed E-state index contributed by atoms with van der Waals surface area (Å²) in [7, 11) is -3.82. The molecule has 1 aliphatic rings. The molecule has 0 saturated heterocycles. The smallest absolute Gasteiger partial charge is 0.262 e. The van der Waals surface area contributed by atoms with Crippen molar-refractivity contribution < 1.29 is 17.6 Å². The van der Waals surface area contributed by atoms with Gasteiger partial charge in [-0.3, -0.25) is 9.52 Å². The van der Waals surface area contributed by atoms with Gasteiger partial charge < -0.3 is 4.90 Å². The minimum absolute atomic E-state index is 0.0411. The highest BCUT2D eigenvalue weighted by Gasteiger charge is 2.21. The number of nitrogens with zero attached hydrogens (tertiary/aromatic N) is 1. The predicted molar refractivity (Wildman–Crippen MR) is 97.8 cm³/mol. The Morgan fingerprint density at radius 1 is 1.19 bits per heavy atom. The summed E-state index contributed by atoms with van der Waals surface area (Å²) in [4.78, 5) is 13.7. The van der Waals surface area contributed by atoms with Crippen molar-refractivity contribution in [3.8, 4) is 0 Å². The average molecular weight is 376 g/mol. The van der Waals surface area contributed by atoms with Crippen molar-refractivity contribution in [3.05, 3.63) is 58.9 Å². The van der Waals surface area contributed by atoms with E-state index >= 15 is 0 Å². The molecule has 0 aliphatic carbocycles. The van der Waals surface area contributed by atoms with E-state index in [0.29, 0.717) is 30.8 Å². The van der Waals surface area contributed by atoms with E-state index in [9.17, 15) is 17.6 Å². The minimum atomic E-state index is -3.82. The largest absolute Gasteiger partial charge is 0.338 e. The van der Waals surface area contributed by atoms with Gasteiger partial charge in [0.05, 0.1) is 4.90 Å². The Kier molecular flexibility index (Phi) is 5.00. The number of carbonyl (C=O) groups is 1. The highest BCUT2D eigenvalue weighted by Crippen LogP contribution is 2.25. The Morgan fingerprint density at radius 3 is 2.65 bits per heavy atom. The zero-order valence-corrected chi connectivity index (χ0v) is 15.6. The molecule has 1 N–H and O–H groups in total. The third-order valence-corrected chi connectivity index (χ3v) is 6.09. The first-order valence-electron chi connectivity index (χ1n) is 8.48. The van der Waals surface area contributed by atoms with Gasteiger partial charge >= 0.3 is 0 Å². The fraction of sp³-hybridized carbons (Fsp3) is 0.316. The summed E-state index contributed by atoms with van der Waals surface area (Å²) in [5, 5.41) is 0. The molecule has 1 aliphatic heterocycles. The van der Waals surface area contributed by atoms with E-state index in [2.05, 4.69) is 4.72 Å². The molecule has 1 heterocycles. The van der Waals surface area contributed by atoms with Crippen LogP contribution in [0, 0.1) is 12.7 Å². The third-order valence-electron chi connectivity index (χ3n) is 4.55. The predicted octanol–water partition coefficient (Wildman–Crippen LogP) is 3.23. The second kappa shape index (κ2) is 7.07. The highest BCUT2D eigenvalue weighted by molar-refractivity contribution is 7.92. The van der Waals surface area contributed by atoms with Crippen LogP contribution in [-0.4, -0.2) is 25.8 Å². The molecule has 0 unspecified atom stereocenters.